The van der Waals surface area contributed by atoms with E-state index in [1.165, 1.54) is 6.92 Å². The summed E-state index contributed by atoms with van der Waals surface area (Å²) in [5.74, 6) is -1.24. The number of aliphatic hydroxyl groups is 1. The van der Waals surface area contributed by atoms with E-state index in [0.717, 1.165) is 0 Å². The molecule has 0 aliphatic heterocycles. The van der Waals surface area contributed by atoms with E-state index in [2.05, 4.69) is 0 Å². The quantitative estimate of drug-likeness (QED) is 0.584. The van der Waals surface area contributed by atoms with Crippen molar-refractivity contribution in [3.05, 3.63) is 0 Å². The topological polar surface area (TPSA) is 60.4 Å². The van der Waals surface area contributed by atoms with Crippen LogP contribution < -0.4 is 5.11 Å². The van der Waals surface area contributed by atoms with Crippen molar-refractivity contribution in [2.75, 3.05) is 0 Å². The number of aliphatic carboxylic acids is 1. The van der Waals surface area contributed by atoms with Gasteiger partial charge in [-0.2, -0.15) is 0 Å². The van der Waals surface area contributed by atoms with Crippen LogP contribution in [0.15, 0.2) is 0 Å². The van der Waals surface area contributed by atoms with Gasteiger partial charge < -0.3 is 15.0 Å². The lowest BCUT2D eigenvalue weighted by molar-refractivity contribution is -0.324. The molecule has 0 spiro atoms. The molecule has 1 atom stereocenters. The summed E-state index contributed by atoms with van der Waals surface area (Å²) in [4.78, 5) is 10.2. The smallest absolute Gasteiger partial charge is 0.101 e. The molecule has 0 fully saturated rings. The molecule has 0 aliphatic rings. The van der Waals surface area contributed by atoms with Crippen molar-refractivity contribution in [2.24, 2.45) is 5.92 Å². The van der Waals surface area contributed by atoms with Gasteiger partial charge in [0.1, 0.15) is 5.60 Å². The number of carbonyl (C=O) groups is 1. The van der Waals surface area contributed by atoms with E-state index in [9.17, 15) is 9.90 Å². The minimum Gasteiger partial charge on any atom is -0.547 e. The molecule has 3 heteroatoms. The molecule has 10 heavy (non-hydrogen) atoms. The highest BCUT2D eigenvalue weighted by Crippen LogP contribution is 2.14. The summed E-state index contributed by atoms with van der Waals surface area (Å²) in [6, 6.07) is 0. The van der Waals surface area contributed by atoms with Gasteiger partial charge in [0, 0.05) is 0 Å². The van der Waals surface area contributed by atoms with Gasteiger partial charge in [-0.3, -0.25) is 0 Å². The van der Waals surface area contributed by atoms with Crippen molar-refractivity contribution < 1.29 is 15.0 Å². The normalized spacial score (nSPS) is 16.9. The number of rotatable bonds is 3. The average Bonchev–Trinajstić information content (AvgIpc) is 1.60. The molecule has 0 saturated heterocycles. The third-order valence-corrected chi connectivity index (χ3v) is 1.25. The Kier molecular flexibility index (Phi) is 2.84. The number of hydrogen-bond donors (Lipinski definition) is 1. The van der Waals surface area contributed by atoms with Crippen LogP contribution in [0.1, 0.15) is 27.2 Å². The molecule has 0 unspecified atom stereocenters. The number of carbonyl (C=O) groups excluding carboxylic acids is 1. The summed E-state index contributed by atoms with van der Waals surface area (Å²) in [5, 5.41) is 19.3. The predicted molar refractivity (Wildman–Crippen MR) is 35.1 cm³/mol. The molecule has 0 aliphatic carbocycles. The minimum atomic E-state index is -1.67. The zero-order valence-corrected chi connectivity index (χ0v) is 6.55. The van der Waals surface area contributed by atoms with E-state index in [4.69, 9.17) is 5.11 Å². The van der Waals surface area contributed by atoms with E-state index in [-0.39, 0.29) is 12.3 Å². The van der Waals surface area contributed by atoms with Gasteiger partial charge in [0.2, 0.25) is 0 Å². The first-order valence-corrected chi connectivity index (χ1v) is 3.30. The fourth-order valence-electron chi connectivity index (χ4n) is 0.878. The average molecular weight is 145 g/mol. The van der Waals surface area contributed by atoms with Gasteiger partial charge >= 0.3 is 0 Å². The van der Waals surface area contributed by atoms with Crippen molar-refractivity contribution in [2.45, 2.75) is 32.8 Å². The molecule has 0 heterocycles. The highest BCUT2D eigenvalue weighted by molar-refractivity contribution is 5.74. The summed E-state index contributed by atoms with van der Waals surface area (Å²) in [7, 11) is 0. The standard InChI is InChI=1S/C7H14O3/c1-5(2)4-7(3,10)6(8)9/h5,10H,4H2,1-3H3,(H,8,9)/p-1/t7-/m1/s1. The predicted octanol–water partition coefficient (Wildman–Crippen LogP) is -0.467. The summed E-state index contributed by atoms with van der Waals surface area (Å²) >= 11 is 0. The fraction of sp³-hybridized carbons (Fsp3) is 0.857. The lowest BCUT2D eigenvalue weighted by atomic mass is 9.95. The molecule has 1 N–H and O–H groups in total. The Bertz CT molecular complexity index is 127. The highest BCUT2D eigenvalue weighted by atomic mass is 16.4. The van der Waals surface area contributed by atoms with Gasteiger partial charge in [-0.25, -0.2) is 0 Å². The molecular weight excluding hydrogens is 132 g/mol. The van der Waals surface area contributed by atoms with Crippen LogP contribution >= 0.6 is 0 Å². The third kappa shape index (κ3) is 2.82. The molecule has 0 rings (SSSR count). The van der Waals surface area contributed by atoms with Crippen LogP contribution in [-0.4, -0.2) is 16.7 Å². The van der Waals surface area contributed by atoms with Gasteiger partial charge in [-0.05, 0) is 19.3 Å². The molecular formula is C7H13O3-. The summed E-state index contributed by atoms with van der Waals surface area (Å²) in [6.45, 7) is 4.94. The second kappa shape index (κ2) is 3.01. The number of hydrogen-bond acceptors (Lipinski definition) is 3. The number of carboxylic acid groups (broad SMARTS) is 1. The summed E-state index contributed by atoms with van der Waals surface area (Å²) < 4.78 is 0. The Labute approximate surface area is 60.7 Å². The monoisotopic (exact) mass is 145 g/mol. The zero-order chi connectivity index (χ0) is 8.36. The minimum absolute atomic E-state index is 0.160. The maximum absolute atomic E-state index is 10.2. The van der Waals surface area contributed by atoms with Crippen molar-refractivity contribution in [1.82, 2.24) is 0 Å². The third-order valence-electron chi connectivity index (χ3n) is 1.25. The molecule has 3 nitrogen and oxygen atoms in total. The SMILES string of the molecule is CC(C)C[C@@](C)(O)C(=O)[O-]. The first-order valence-electron chi connectivity index (χ1n) is 3.30. The molecule has 0 amide bonds. The summed E-state index contributed by atoms with van der Waals surface area (Å²) in [5.41, 5.74) is -1.67. The number of carboxylic acids is 1. The molecule has 0 bridgehead atoms. The van der Waals surface area contributed by atoms with E-state index < -0.39 is 11.6 Å². The Morgan fingerprint density at radius 3 is 2.20 bits per heavy atom. The van der Waals surface area contributed by atoms with Gasteiger partial charge in [-0.1, -0.05) is 13.8 Å². The maximum atomic E-state index is 10.2. The van der Waals surface area contributed by atoms with Gasteiger partial charge in [0.05, 0.1) is 5.97 Å². The lowest BCUT2D eigenvalue weighted by Crippen LogP contribution is -2.46. The van der Waals surface area contributed by atoms with E-state index >= 15 is 0 Å². The van der Waals surface area contributed by atoms with E-state index in [1.54, 1.807) is 0 Å². The molecule has 0 aromatic heterocycles. The van der Waals surface area contributed by atoms with Crippen LogP contribution in [0.4, 0.5) is 0 Å². The van der Waals surface area contributed by atoms with Crippen molar-refractivity contribution in [1.29, 1.82) is 0 Å². The molecule has 0 radical (unpaired) electrons. The molecule has 0 aromatic rings. The largest absolute Gasteiger partial charge is 0.547 e. The van der Waals surface area contributed by atoms with Crippen molar-refractivity contribution >= 4 is 5.97 Å². The first kappa shape index (κ1) is 9.43. The van der Waals surface area contributed by atoms with Gasteiger partial charge in [-0.15, -0.1) is 0 Å². The maximum Gasteiger partial charge on any atom is 0.101 e. The molecule has 0 saturated carbocycles. The van der Waals surface area contributed by atoms with Gasteiger partial charge in [0.15, 0.2) is 0 Å². The first-order chi connectivity index (χ1) is 4.36. The van der Waals surface area contributed by atoms with Crippen LogP contribution in [0.25, 0.3) is 0 Å². The van der Waals surface area contributed by atoms with Crippen LogP contribution in [0, 0.1) is 5.92 Å². The van der Waals surface area contributed by atoms with Crippen LogP contribution in [-0.2, 0) is 4.79 Å². The molecule has 0 aromatic carbocycles. The van der Waals surface area contributed by atoms with Crippen molar-refractivity contribution in [3.8, 4) is 0 Å². The van der Waals surface area contributed by atoms with Crippen LogP contribution in [0.2, 0.25) is 0 Å². The highest BCUT2D eigenvalue weighted by Gasteiger charge is 2.22. The van der Waals surface area contributed by atoms with E-state index in [0.29, 0.717) is 0 Å². The Balaban J connectivity index is 4.00. The second-order valence-electron chi connectivity index (χ2n) is 3.16. The van der Waals surface area contributed by atoms with E-state index in [1.807, 2.05) is 13.8 Å². The molecule has 60 valence electrons. The zero-order valence-electron chi connectivity index (χ0n) is 6.55. The Morgan fingerprint density at radius 1 is 1.70 bits per heavy atom. The van der Waals surface area contributed by atoms with Crippen LogP contribution in [0.3, 0.4) is 0 Å². The Hall–Kier alpha value is -0.570. The fourth-order valence-corrected chi connectivity index (χ4v) is 0.878. The summed E-state index contributed by atoms with van der Waals surface area (Å²) in [6.07, 6.45) is 0.231. The lowest BCUT2D eigenvalue weighted by Gasteiger charge is -2.25. The van der Waals surface area contributed by atoms with Crippen LogP contribution in [0.5, 0.6) is 0 Å². The second-order valence-corrected chi connectivity index (χ2v) is 3.16. The van der Waals surface area contributed by atoms with Gasteiger partial charge in [0.25, 0.3) is 0 Å². The van der Waals surface area contributed by atoms with Crippen molar-refractivity contribution in [3.63, 3.8) is 0 Å². The Morgan fingerprint density at radius 2 is 2.10 bits per heavy atom.